The first-order chi connectivity index (χ1) is 29.9. The molecule has 10 rings (SSSR count). The van der Waals surface area contributed by atoms with Crippen LogP contribution < -0.4 is 10.6 Å². The van der Waals surface area contributed by atoms with Gasteiger partial charge in [-0.25, -0.2) is 19.6 Å². The van der Waals surface area contributed by atoms with E-state index in [9.17, 15) is 19.2 Å². The van der Waals surface area contributed by atoms with Gasteiger partial charge in [-0.15, -0.1) is 0 Å². The van der Waals surface area contributed by atoms with Crippen molar-refractivity contribution in [2.45, 2.75) is 103 Å². The van der Waals surface area contributed by atoms with Crippen LogP contribution in [0.2, 0.25) is 0 Å². The molecule has 2 aromatic heterocycles. The number of hydrogen-bond acceptors (Lipinski definition) is 8. The first-order valence-electron chi connectivity index (χ1n) is 21.6. The summed E-state index contributed by atoms with van der Waals surface area (Å²) < 4.78 is 9.54. The summed E-state index contributed by atoms with van der Waals surface area (Å²) in [5.41, 5.74) is 8.00. The lowest BCUT2D eigenvalue weighted by Crippen LogP contribution is -2.51. The lowest BCUT2D eigenvalue weighted by molar-refractivity contribution is -0.136. The van der Waals surface area contributed by atoms with Gasteiger partial charge in [0.25, 0.3) is 0 Å². The Morgan fingerprint density at radius 1 is 0.645 bits per heavy atom. The summed E-state index contributed by atoms with van der Waals surface area (Å²) in [6, 6.07) is 11.3. The molecule has 4 bridgehead atoms. The van der Waals surface area contributed by atoms with E-state index in [2.05, 4.69) is 90.6 Å². The lowest BCUT2D eigenvalue weighted by atomic mass is 9.91. The highest BCUT2D eigenvalue weighted by atomic mass is 16.5. The minimum atomic E-state index is -0.699. The largest absolute Gasteiger partial charge is 0.453 e. The van der Waals surface area contributed by atoms with E-state index in [1.54, 1.807) is 22.2 Å². The molecule has 4 unspecified atom stereocenters. The number of carbonyl (C=O) groups is 4. The van der Waals surface area contributed by atoms with Crippen molar-refractivity contribution >= 4 is 24.0 Å². The number of aryl methyl sites for hydroxylation is 4. The van der Waals surface area contributed by atoms with Crippen molar-refractivity contribution in [3.05, 3.63) is 105 Å². The molecule has 4 N–H and O–H groups in total. The van der Waals surface area contributed by atoms with E-state index in [-0.39, 0.29) is 35.7 Å². The Balaban J connectivity index is 1.03. The van der Waals surface area contributed by atoms with Gasteiger partial charge in [0.1, 0.15) is 35.1 Å². The number of H-pyrrole nitrogens is 2. The van der Waals surface area contributed by atoms with E-state index >= 15 is 0 Å². The third-order valence-electron chi connectivity index (χ3n) is 12.1. The SMILES string of the molecule is COC(=O)NC(C(=O)N1CCCC1c1ncc(C#Cc2cc3ccc2CCc2ccc(c(C#Cc4cnc(C5CCCN5C(=O)C(NC(=O)OC)C(C)C)[nH]4)c2)CC3)[nH]1)C(C)C. The van der Waals surface area contributed by atoms with Gasteiger partial charge >= 0.3 is 12.2 Å². The van der Waals surface area contributed by atoms with E-state index in [1.165, 1.54) is 25.3 Å². The molecule has 0 radical (unpaired) electrons. The molecule has 14 heteroatoms. The van der Waals surface area contributed by atoms with Crippen LogP contribution in [0.4, 0.5) is 9.59 Å². The van der Waals surface area contributed by atoms with Gasteiger partial charge in [0.15, 0.2) is 0 Å². The fourth-order valence-electron chi connectivity index (χ4n) is 8.58. The fraction of sp³-hybridized carbons (Fsp3) is 0.458. The molecule has 4 amide bonds. The second kappa shape index (κ2) is 19.4. The summed E-state index contributed by atoms with van der Waals surface area (Å²) in [5, 5.41) is 5.40. The van der Waals surface area contributed by atoms with Gasteiger partial charge in [-0.3, -0.25) is 9.59 Å². The summed E-state index contributed by atoms with van der Waals surface area (Å²) in [5.74, 6) is 14.3. The Kier molecular flexibility index (Phi) is 13.7. The maximum atomic E-state index is 13.6. The van der Waals surface area contributed by atoms with Crippen molar-refractivity contribution in [3.8, 4) is 23.7 Å². The highest BCUT2D eigenvalue weighted by molar-refractivity contribution is 5.87. The topological polar surface area (TPSA) is 175 Å². The number of hydrogen-bond donors (Lipinski definition) is 4. The number of carbonyl (C=O) groups excluding carboxylic acids is 4. The summed E-state index contributed by atoms with van der Waals surface area (Å²) in [7, 11) is 2.58. The van der Waals surface area contributed by atoms with Gasteiger partial charge < -0.3 is 39.9 Å². The molecule has 2 saturated heterocycles. The van der Waals surface area contributed by atoms with Crippen molar-refractivity contribution in [1.29, 1.82) is 0 Å². The molecular formula is C48H56N8O6. The monoisotopic (exact) mass is 840 g/mol. The van der Waals surface area contributed by atoms with Crippen LogP contribution in [0.15, 0.2) is 48.8 Å². The van der Waals surface area contributed by atoms with Gasteiger partial charge in [0, 0.05) is 24.2 Å². The Bertz CT molecular complexity index is 2260. The number of aromatic amines is 2. The van der Waals surface area contributed by atoms with Crippen molar-refractivity contribution in [2.24, 2.45) is 11.8 Å². The van der Waals surface area contributed by atoms with Crippen LogP contribution in [-0.4, -0.2) is 93.1 Å². The second-order valence-corrected chi connectivity index (χ2v) is 16.9. The van der Waals surface area contributed by atoms with Crippen LogP contribution in [0, 0.1) is 35.5 Å². The average molecular weight is 841 g/mol. The number of ether oxygens (including phenoxy) is 2. The summed E-state index contributed by atoms with van der Waals surface area (Å²) >= 11 is 0. The Labute approximate surface area is 363 Å². The van der Waals surface area contributed by atoms with Crippen molar-refractivity contribution in [3.63, 3.8) is 0 Å². The smallest absolute Gasteiger partial charge is 0.407 e. The third kappa shape index (κ3) is 9.97. The lowest BCUT2D eigenvalue weighted by Gasteiger charge is -2.29. The Hall–Kier alpha value is -6.54. The number of methoxy groups -OCH3 is 2. The average Bonchev–Trinajstić information content (AvgIpc) is 4.11. The maximum Gasteiger partial charge on any atom is 0.407 e. The molecule has 4 heterocycles. The maximum absolute atomic E-state index is 13.6. The molecule has 0 saturated carbocycles. The number of nitrogens with one attached hydrogen (secondary N) is 4. The molecule has 14 nitrogen and oxygen atoms in total. The quantitative estimate of drug-likeness (QED) is 0.159. The van der Waals surface area contributed by atoms with Gasteiger partial charge in [0.05, 0.1) is 38.7 Å². The number of likely N-dealkylation sites (tertiary alicyclic amines) is 2. The van der Waals surface area contributed by atoms with Crippen LogP contribution in [-0.2, 0) is 44.7 Å². The molecule has 4 aliphatic carbocycles. The summed E-state index contributed by atoms with van der Waals surface area (Å²) in [4.78, 5) is 70.8. The molecule has 4 atom stereocenters. The van der Waals surface area contributed by atoms with Crippen LogP contribution in [0.25, 0.3) is 0 Å². The van der Waals surface area contributed by atoms with Crippen LogP contribution in [0.3, 0.4) is 0 Å². The second-order valence-electron chi connectivity index (χ2n) is 16.9. The molecular weight excluding hydrogens is 785 g/mol. The molecule has 2 fully saturated rings. The number of aromatic nitrogens is 4. The number of nitrogens with zero attached hydrogens (tertiary/aromatic N) is 4. The van der Waals surface area contributed by atoms with Crippen molar-refractivity contribution in [2.75, 3.05) is 27.3 Å². The Morgan fingerprint density at radius 3 is 1.45 bits per heavy atom. The standard InChI is InChI=1S/C48H56N8O6/c1-29(2)41(53-47(59)61-5)45(57)55-23-7-9-39(55)43-49-27-37(51-43)21-19-35-25-31-11-15-33(35)17-13-32-12-16-34(18-14-31)36(26-32)20-22-38-28-50-44(52-38)40-10-8-24-56(40)46(58)42(30(3)4)54-48(60)62-6/h11-12,15-16,25-30,39-42H,7-10,13-14,17-18,23-24H2,1-6H3,(H,49,51)(H,50,52)(H,53,59)(H,54,60). The highest BCUT2D eigenvalue weighted by Crippen LogP contribution is 2.33. The van der Waals surface area contributed by atoms with Crippen LogP contribution >= 0.6 is 0 Å². The molecule has 6 aliphatic rings. The molecule has 4 aromatic rings. The highest BCUT2D eigenvalue weighted by Gasteiger charge is 2.39. The molecule has 62 heavy (non-hydrogen) atoms. The minimum Gasteiger partial charge on any atom is -0.453 e. The first-order valence-corrected chi connectivity index (χ1v) is 21.6. The zero-order chi connectivity index (χ0) is 43.9. The number of benzene rings is 2. The first kappa shape index (κ1) is 43.5. The van der Waals surface area contributed by atoms with Gasteiger partial charge in [-0.1, -0.05) is 63.8 Å². The minimum absolute atomic E-state index is 0.114. The normalized spacial score (nSPS) is 17.9. The number of amides is 4. The van der Waals surface area contributed by atoms with E-state index in [1.807, 2.05) is 27.7 Å². The molecule has 324 valence electrons. The zero-order valence-electron chi connectivity index (χ0n) is 36.4. The van der Waals surface area contributed by atoms with Crippen LogP contribution in [0.5, 0.6) is 0 Å². The van der Waals surface area contributed by atoms with Crippen molar-refractivity contribution < 1.29 is 28.7 Å². The van der Waals surface area contributed by atoms with E-state index in [0.717, 1.165) is 73.6 Å². The predicted octanol–water partition coefficient (Wildman–Crippen LogP) is 5.90. The number of imidazole rings is 2. The van der Waals surface area contributed by atoms with Crippen LogP contribution in [0.1, 0.15) is 122 Å². The van der Waals surface area contributed by atoms with E-state index in [4.69, 9.17) is 9.47 Å². The molecule has 2 aromatic carbocycles. The van der Waals surface area contributed by atoms with Gasteiger partial charge in [-0.05, 0) is 109 Å². The van der Waals surface area contributed by atoms with E-state index < -0.39 is 24.3 Å². The van der Waals surface area contributed by atoms with Gasteiger partial charge in [-0.2, -0.15) is 0 Å². The predicted molar refractivity (Wildman–Crippen MR) is 233 cm³/mol. The van der Waals surface area contributed by atoms with Gasteiger partial charge in [0.2, 0.25) is 11.8 Å². The number of rotatable bonds is 8. The zero-order valence-corrected chi connectivity index (χ0v) is 36.4. The summed E-state index contributed by atoms with van der Waals surface area (Å²) in [6.07, 6.45) is 8.62. The molecule has 0 spiro atoms. The fourth-order valence-corrected chi connectivity index (χ4v) is 8.58. The van der Waals surface area contributed by atoms with Crippen molar-refractivity contribution in [1.82, 2.24) is 40.4 Å². The molecule has 2 aliphatic heterocycles. The van der Waals surface area contributed by atoms with E-state index in [0.29, 0.717) is 36.1 Å². The summed E-state index contributed by atoms with van der Waals surface area (Å²) in [6.45, 7) is 8.76. The third-order valence-corrected chi connectivity index (χ3v) is 12.1. The Morgan fingerprint density at radius 2 is 1.06 bits per heavy atom. The number of alkyl carbamates (subject to hydrolysis) is 2.